The van der Waals surface area contributed by atoms with Gasteiger partial charge in [0.2, 0.25) is 0 Å². The van der Waals surface area contributed by atoms with Crippen molar-refractivity contribution in [2.24, 2.45) is 0 Å². The molecule has 0 aromatic heterocycles. The molecule has 1 rings (SSSR count). The summed E-state index contributed by atoms with van der Waals surface area (Å²) < 4.78 is 5.28. The van der Waals surface area contributed by atoms with E-state index in [-0.39, 0.29) is 13.1 Å². The fourth-order valence-electron chi connectivity index (χ4n) is 1.60. The van der Waals surface area contributed by atoms with E-state index < -0.39 is 17.6 Å². The van der Waals surface area contributed by atoms with E-state index in [1.807, 2.05) is 0 Å². The van der Waals surface area contributed by atoms with Crippen LogP contribution in [0.15, 0.2) is 24.3 Å². The zero-order chi connectivity index (χ0) is 18.2. The number of ether oxygens (including phenoxy) is 1. The number of hydrazine groups is 1. The Morgan fingerprint density at radius 1 is 1.29 bits per heavy atom. The van der Waals surface area contributed by atoms with Crippen LogP contribution in [-0.2, 0) is 9.53 Å². The molecule has 0 spiro atoms. The van der Waals surface area contributed by atoms with Crippen LogP contribution in [0.1, 0.15) is 27.7 Å². The van der Waals surface area contributed by atoms with Gasteiger partial charge in [-0.05, 0) is 39.8 Å². The van der Waals surface area contributed by atoms with E-state index in [1.165, 1.54) is 4.90 Å². The molecule has 0 atom stereocenters. The molecule has 0 saturated carbocycles. The maximum absolute atomic E-state index is 12.1. The van der Waals surface area contributed by atoms with Gasteiger partial charge in [0.25, 0.3) is 5.91 Å². The summed E-state index contributed by atoms with van der Waals surface area (Å²) in [6.45, 7) is 6.84. The van der Waals surface area contributed by atoms with Crippen LogP contribution in [0.2, 0.25) is 5.02 Å². The molecular formula is C17H22ClN3O3. The molecule has 2 amide bonds. The Morgan fingerprint density at radius 3 is 2.54 bits per heavy atom. The third-order valence-corrected chi connectivity index (χ3v) is 2.97. The number of benzene rings is 1. The second-order valence-electron chi connectivity index (χ2n) is 5.92. The Bertz CT molecular complexity index is 644. The second-order valence-corrected chi connectivity index (χ2v) is 6.32. The van der Waals surface area contributed by atoms with Gasteiger partial charge in [0.05, 0.1) is 17.3 Å². The van der Waals surface area contributed by atoms with Gasteiger partial charge >= 0.3 is 6.09 Å². The van der Waals surface area contributed by atoms with Gasteiger partial charge in [-0.1, -0.05) is 29.7 Å². The van der Waals surface area contributed by atoms with Crippen LogP contribution in [0, 0.1) is 11.8 Å². The van der Waals surface area contributed by atoms with Gasteiger partial charge < -0.3 is 4.74 Å². The minimum absolute atomic E-state index is 0.102. The van der Waals surface area contributed by atoms with Gasteiger partial charge in [0.15, 0.2) is 0 Å². The predicted octanol–water partition coefficient (Wildman–Crippen LogP) is 3.04. The molecule has 6 nitrogen and oxygen atoms in total. The van der Waals surface area contributed by atoms with Crippen molar-refractivity contribution in [3.05, 3.63) is 29.3 Å². The topological polar surface area (TPSA) is 70.7 Å². The highest BCUT2D eigenvalue weighted by Crippen LogP contribution is 2.19. The first-order chi connectivity index (χ1) is 11.2. The quantitative estimate of drug-likeness (QED) is 0.632. The van der Waals surface area contributed by atoms with Gasteiger partial charge in [0, 0.05) is 0 Å². The lowest BCUT2D eigenvalue weighted by atomic mass is 10.2. The first-order valence-corrected chi connectivity index (χ1v) is 7.77. The first-order valence-electron chi connectivity index (χ1n) is 7.40. The molecule has 0 aliphatic heterocycles. The fraction of sp³-hybridized carbons (Fsp3) is 0.412. The van der Waals surface area contributed by atoms with Crippen molar-refractivity contribution in [1.29, 1.82) is 0 Å². The van der Waals surface area contributed by atoms with E-state index >= 15 is 0 Å². The van der Waals surface area contributed by atoms with E-state index in [2.05, 4.69) is 22.7 Å². The molecular weight excluding hydrogens is 330 g/mol. The van der Waals surface area contributed by atoms with Crippen LogP contribution in [0.5, 0.6) is 0 Å². The summed E-state index contributed by atoms with van der Waals surface area (Å²) in [4.78, 5) is 25.4. The molecule has 1 aromatic carbocycles. The number of para-hydroxylation sites is 1. The van der Waals surface area contributed by atoms with Gasteiger partial charge in [0.1, 0.15) is 12.1 Å². The van der Waals surface area contributed by atoms with E-state index in [1.54, 1.807) is 52.0 Å². The molecule has 24 heavy (non-hydrogen) atoms. The number of hydrogen-bond donors (Lipinski definition) is 2. The van der Waals surface area contributed by atoms with Crippen molar-refractivity contribution >= 4 is 29.3 Å². The molecule has 130 valence electrons. The highest BCUT2D eigenvalue weighted by molar-refractivity contribution is 6.33. The molecule has 0 aliphatic carbocycles. The van der Waals surface area contributed by atoms with Gasteiger partial charge in [-0.15, -0.1) is 5.92 Å². The number of amides is 2. The van der Waals surface area contributed by atoms with Crippen molar-refractivity contribution in [2.75, 3.05) is 18.5 Å². The van der Waals surface area contributed by atoms with Crippen molar-refractivity contribution in [2.45, 2.75) is 33.3 Å². The normalized spacial score (nSPS) is 10.2. The standard InChI is InChI=1S/C17H22ClN3O3/c1-5-6-11-21(16(23)24-17(2,3)4)12-15(22)20-19-14-10-8-7-9-13(14)18/h7-10,19H,11-12H2,1-4H3,(H,20,22). The molecule has 1 aromatic rings. The highest BCUT2D eigenvalue weighted by Gasteiger charge is 2.23. The highest BCUT2D eigenvalue weighted by atomic mass is 35.5. The zero-order valence-electron chi connectivity index (χ0n) is 14.3. The number of halogens is 1. The average Bonchev–Trinajstić information content (AvgIpc) is 2.48. The zero-order valence-corrected chi connectivity index (χ0v) is 15.0. The number of nitrogens with one attached hydrogen (secondary N) is 2. The number of carbonyl (C=O) groups excluding carboxylic acids is 2. The summed E-state index contributed by atoms with van der Waals surface area (Å²) in [5.74, 6) is 5.03. The summed E-state index contributed by atoms with van der Waals surface area (Å²) in [5, 5.41) is 0.471. The molecule has 0 saturated heterocycles. The minimum atomic E-state index is -0.652. The molecule has 0 heterocycles. The lowest BCUT2D eigenvalue weighted by Crippen LogP contribution is -2.44. The average molecular weight is 352 g/mol. The van der Waals surface area contributed by atoms with E-state index in [0.29, 0.717) is 10.7 Å². The second kappa shape index (κ2) is 9.04. The maximum atomic E-state index is 12.1. The summed E-state index contributed by atoms with van der Waals surface area (Å²) in [7, 11) is 0. The van der Waals surface area contributed by atoms with Crippen LogP contribution >= 0.6 is 11.6 Å². The third kappa shape index (κ3) is 7.25. The molecule has 0 unspecified atom stereocenters. The molecule has 0 radical (unpaired) electrons. The number of hydrogen-bond acceptors (Lipinski definition) is 4. The Kier molecular flexibility index (Phi) is 7.40. The Balaban J connectivity index is 2.64. The van der Waals surface area contributed by atoms with E-state index in [0.717, 1.165) is 0 Å². The van der Waals surface area contributed by atoms with E-state index in [4.69, 9.17) is 16.3 Å². The molecule has 0 aliphatic rings. The SMILES string of the molecule is CC#CCN(CC(=O)NNc1ccccc1Cl)C(=O)OC(C)(C)C. The monoisotopic (exact) mass is 351 g/mol. The van der Waals surface area contributed by atoms with Crippen molar-refractivity contribution < 1.29 is 14.3 Å². The predicted molar refractivity (Wildman–Crippen MR) is 94.5 cm³/mol. The first kappa shape index (κ1) is 19.7. The number of nitrogens with zero attached hydrogens (tertiary/aromatic N) is 1. The molecule has 0 bridgehead atoms. The van der Waals surface area contributed by atoms with Crippen LogP contribution < -0.4 is 10.9 Å². The summed E-state index contributed by atoms with van der Waals surface area (Å²) in [6.07, 6.45) is -0.599. The lowest BCUT2D eigenvalue weighted by Gasteiger charge is -2.25. The lowest BCUT2D eigenvalue weighted by molar-refractivity contribution is -0.121. The number of carbonyl (C=O) groups is 2. The molecule has 2 N–H and O–H groups in total. The van der Waals surface area contributed by atoms with Crippen LogP contribution in [0.4, 0.5) is 10.5 Å². The van der Waals surface area contributed by atoms with Crippen molar-refractivity contribution in [3.63, 3.8) is 0 Å². The Hall–Kier alpha value is -2.39. The van der Waals surface area contributed by atoms with Gasteiger partial charge in [-0.2, -0.15) is 0 Å². The smallest absolute Gasteiger partial charge is 0.411 e. The van der Waals surface area contributed by atoms with Crippen molar-refractivity contribution in [3.8, 4) is 11.8 Å². The summed E-state index contributed by atoms with van der Waals surface area (Å²) >= 11 is 5.99. The molecule has 7 heteroatoms. The fourth-order valence-corrected chi connectivity index (χ4v) is 1.78. The van der Waals surface area contributed by atoms with Crippen LogP contribution in [0.3, 0.4) is 0 Å². The maximum Gasteiger partial charge on any atom is 0.411 e. The van der Waals surface area contributed by atoms with Gasteiger partial charge in [-0.3, -0.25) is 20.5 Å². The molecule has 0 fully saturated rings. The van der Waals surface area contributed by atoms with Crippen LogP contribution in [0.25, 0.3) is 0 Å². The van der Waals surface area contributed by atoms with Gasteiger partial charge in [-0.25, -0.2) is 4.79 Å². The number of anilines is 1. The van der Waals surface area contributed by atoms with Crippen LogP contribution in [-0.4, -0.2) is 35.6 Å². The summed E-state index contributed by atoms with van der Waals surface area (Å²) in [5.41, 5.74) is 5.12. The van der Waals surface area contributed by atoms with Crippen molar-refractivity contribution in [1.82, 2.24) is 10.3 Å². The Labute approximate surface area is 147 Å². The Morgan fingerprint density at radius 2 is 1.96 bits per heavy atom. The van der Waals surface area contributed by atoms with E-state index in [9.17, 15) is 9.59 Å². The minimum Gasteiger partial charge on any atom is -0.444 e. The summed E-state index contributed by atoms with van der Waals surface area (Å²) in [6, 6.07) is 6.98. The largest absolute Gasteiger partial charge is 0.444 e. The number of rotatable bonds is 5. The third-order valence-electron chi connectivity index (χ3n) is 2.64.